The first-order valence-corrected chi connectivity index (χ1v) is 22.5. The summed E-state index contributed by atoms with van der Waals surface area (Å²) < 4.78 is 2.56. The zero-order chi connectivity index (χ0) is 41.7. The van der Waals surface area contributed by atoms with Gasteiger partial charge < -0.3 is 4.90 Å². The summed E-state index contributed by atoms with van der Waals surface area (Å²) in [5, 5.41) is 2.56. The van der Waals surface area contributed by atoms with Crippen LogP contribution in [0.3, 0.4) is 0 Å². The average Bonchev–Trinajstić information content (AvgIpc) is 3.89. The van der Waals surface area contributed by atoms with Crippen LogP contribution < -0.4 is 4.90 Å². The van der Waals surface area contributed by atoms with Crippen LogP contribution in [0.5, 0.6) is 0 Å². The molecule has 0 saturated carbocycles. The second-order valence-electron chi connectivity index (χ2n) is 16.4. The molecular formula is C61H41NS. The Labute approximate surface area is 372 Å². The van der Waals surface area contributed by atoms with Crippen LogP contribution in [0.4, 0.5) is 17.1 Å². The van der Waals surface area contributed by atoms with Gasteiger partial charge in [-0.1, -0.05) is 206 Å². The molecule has 0 atom stereocenters. The van der Waals surface area contributed by atoms with Gasteiger partial charge in [-0.25, -0.2) is 0 Å². The van der Waals surface area contributed by atoms with E-state index in [0.717, 1.165) is 17.1 Å². The lowest BCUT2D eigenvalue weighted by atomic mass is 9.67. The Balaban J connectivity index is 1.14. The Morgan fingerprint density at radius 2 is 0.825 bits per heavy atom. The van der Waals surface area contributed by atoms with Crippen LogP contribution in [0.1, 0.15) is 22.3 Å². The van der Waals surface area contributed by atoms with Crippen LogP contribution in [0.2, 0.25) is 0 Å². The van der Waals surface area contributed by atoms with E-state index in [1.165, 1.54) is 86.9 Å². The number of hydrogen-bond donors (Lipinski definition) is 0. The number of nitrogens with zero attached hydrogens (tertiary/aromatic N) is 1. The fraction of sp³-hybridized carbons (Fsp3) is 0.0164. The van der Waals surface area contributed by atoms with Crippen molar-refractivity contribution in [2.45, 2.75) is 5.41 Å². The van der Waals surface area contributed by atoms with E-state index in [2.05, 4.69) is 254 Å². The monoisotopic (exact) mass is 819 g/mol. The molecule has 2 heteroatoms. The van der Waals surface area contributed by atoms with E-state index in [0.29, 0.717) is 0 Å². The zero-order valence-electron chi connectivity index (χ0n) is 34.5. The molecule has 0 saturated heterocycles. The summed E-state index contributed by atoms with van der Waals surface area (Å²) in [6, 6.07) is 91.6. The Bertz CT molecular complexity index is 3370. The summed E-state index contributed by atoms with van der Waals surface area (Å²) in [5.74, 6) is 0. The van der Waals surface area contributed by atoms with Gasteiger partial charge in [0, 0.05) is 37.1 Å². The molecule has 63 heavy (non-hydrogen) atoms. The fourth-order valence-corrected chi connectivity index (χ4v) is 11.3. The van der Waals surface area contributed by atoms with Gasteiger partial charge >= 0.3 is 0 Å². The molecule has 0 radical (unpaired) electrons. The molecule has 1 aromatic heterocycles. The molecule has 0 amide bonds. The second kappa shape index (κ2) is 15.3. The normalized spacial score (nSPS) is 12.6. The van der Waals surface area contributed by atoms with Crippen LogP contribution >= 0.6 is 11.3 Å². The molecule has 0 aliphatic heterocycles. The summed E-state index contributed by atoms with van der Waals surface area (Å²) in [5.41, 5.74) is 17.6. The smallest absolute Gasteiger partial charge is 0.0714 e. The maximum Gasteiger partial charge on any atom is 0.0714 e. The maximum absolute atomic E-state index is 2.51. The van der Waals surface area contributed by atoms with Crippen molar-refractivity contribution in [3.63, 3.8) is 0 Å². The molecule has 0 unspecified atom stereocenters. The van der Waals surface area contributed by atoms with Gasteiger partial charge in [0.05, 0.1) is 11.1 Å². The van der Waals surface area contributed by atoms with Crippen molar-refractivity contribution < 1.29 is 0 Å². The van der Waals surface area contributed by atoms with Crippen molar-refractivity contribution in [3.8, 4) is 44.5 Å². The minimum Gasteiger partial charge on any atom is -0.310 e. The van der Waals surface area contributed by atoms with E-state index >= 15 is 0 Å². The van der Waals surface area contributed by atoms with Gasteiger partial charge in [0.15, 0.2) is 0 Å². The van der Waals surface area contributed by atoms with Gasteiger partial charge in [-0.15, -0.1) is 11.3 Å². The molecule has 296 valence electrons. The van der Waals surface area contributed by atoms with Crippen LogP contribution in [-0.2, 0) is 5.41 Å². The molecular weight excluding hydrogens is 779 g/mol. The first-order chi connectivity index (χ1) is 31.3. The van der Waals surface area contributed by atoms with E-state index < -0.39 is 5.41 Å². The van der Waals surface area contributed by atoms with Crippen LogP contribution in [0, 0.1) is 0 Å². The van der Waals surface area contributed by atoms with Crippen molar-refractivity contribution in [3.05, 3.63) is 271 Å². The van der Waals surface area contributed by atoms with Crippen molar-refractivity contribution >= 4 is 48.6 Å². The van der Waals surface area contributed by atoms with Gasteiger partial charge in [-0.05, 0) is 104 Å². The van der Waals surface area contributed by atoms with E-state index in [1.807, 2.05) is 11.3 Å². The summed E-state index contributed by atoms with van der Waals surface area (Å²) in [6.45, 7) is 0. The lowest BCUT2D eigenvalue weighted by molar-refractivity contribution is 0.768. The summed E-state index contributed by atoms with van der Waals surface area (Å²) in [4.78, 5) is 2.51. The summed E-state index contributed by atoms with van der Waals surface area (Å²) >= 11 is 1.87. The number of benzene rings is 10. The van der Waals surface area contributed by atoms with Crippen LogP contribution in [-0.4, -0.2) is 0 Å². The quantitative estimate of drug-likeness (QED) is 0.148. The SMILES string of the molecule is c1ccc(-c2ccc(-c3c(N(c4ccc(-c5ccccc5)cc4)c4ccc5c(c4)C(c4ccccc4)(c4ccccc4)c4ccccc4-5)ccc4sc5ccccc5c34)cc2)cc1. The largest absolute Gasteiger partial charge is 0.310 e. The predicted molar refractivity (Wildman–Crippen MR) is 268 cm³/mol. The number of fused-ring (bicyclic) bond motifs is 6. The third-order valence-electron chi connectivity index (χ3n) is 13.0. The molecule has 0 N–H and O–H groups in total. The van der Waals surface area contributed by atoms with Gasteiger partial charge in [-0.2, -0.15) is 0 Å². The Morgan fingerprint density at radius 3 is 1.48 bits per heavy atom. The highest BCUT2D eigenvalue weighted by Gasteiger charge is 2.46. The topological polar surface area (TPSA) is 3.24 Å². The molecule has 1 heterocycles. The Kier molecular flexibility index (Phi) is 8.98. The molecule has 0 bridgehead atoms. The highest BCUT2D eigenvalue weighted by molar-refractivity contribution is 7.26. The van der Waals surface area contributed by atoms with Gasteiger partial charge in [0.1, 0.15) is 0 Å². The number of hydrogen-bond acceptors (Lipinski definition) is 2. The highest BCUT2D eigenvalue weighted by atomic mass is 32.1. The predicted octanol–water partition coefficient (Wildman–Crippen LogP) is 16.9. The zero-order valence-corrected chi connectivity index (χ0v) is 35.3. The number of anilines is 3. The lowest BCUT2D eigenvalue weighted by Gasteiger charge is -2.35. The Morgan fingerprint density at radius 1 is 0.333 bits per heavy atom. The molecule has 1 nitrogen and oxygen atoms in total. The minimum absolute atomic E-state index is 0.531. The van der Waals surface area contributed by atoms with E-state index in [-0.39, 0.29) is 0 Å². The number of thiophene rings is 1. The minimum atomic E-state index is -0.531. The molecule has 12 rings (SSSR count). The van der Waals surface area contributed by atoms with Gasteiger partial charge in [0.2, 0.25) is 0 Å². The molecule has 0 fully saturated rings. The van der Waals surface area contributed by atoms with Crippen LogP contribution in [0.15, 0.2) is 249 Å². The summed E-state index contributed by atoms with van der Waals surface area (Å²) in [7, 11) is 0. The Hall–Kier alpha value is -7.78. The van der Waals surface area contributed by atoms with Crippen molar-refractivity contribution in [2.24, 2.45) is 0 Å². The maximum atomic E-state index is 2.51. The van der Waals surface area contributed by atoms with E-state index in [9.17, 15) is 0 Å². The third kappa shape index (κ3) is 6.06. The number of rotatable bonds is 8. The van der Waals surface area contributed by atoms with Crippen molar-refractivity contribution in [1.82, 2.24) is 0 Å². The van der Waals surface area contributed by atoms with Gasteiger partial charge in [-0.3, -0.25) is 0 Å². The molecule has 0 spiro atoms. The van der Waals surface area contributed by atoms with E-state index in [4.69, 9.17) is 0 Å². The molecule has 11 aromatic rings. The van der Waals surface area contributed by atoms with Crippen molar-refractivity contribution in [1.29, 1.82) is 0 Å². The standard InChI is InChI=1S/C61H41NS/c1-5-17-42(18-6-1)44-29-31-46(32-30-44)59-56(39-40-58-60(59)53-26-14-16-28-57(53)63-58)62(49-35-33-45(34-36-49)43-19-7-2-8-20-43)50-37-38-52-51-25-13-15-27-54(51)61(55(52)41-50,47-21-9-3-10-22-47)48-23-11-4-12-24-48/h1-41H. The third-order valence-corrected chi connectivity index (χ3v) is 14.1. The second-order valence-corrected chi connectivity index (χ2v) is 17.5. The average molecular weight is 820 g/mol. The molecule has 1 aliphatic carbocycles. The first-order valence-electron chi connectivity index (χ1n) is 21.7. The van der Waals surface area contributed by atoms with E-state index in [1.54, 1.807) is 0 Å². The lowest BCUT2D eigenvalue weighted by Crippen LogP contribution is -2.28. The van der Waals surface area contributed by atoms with Gasteiger partial charge in [0.25, 0.3) is 0 Å². The first kappa shape index (κ1) is 37.0. The molecule has 10 aromatic carbocycles. The highest BCUT2D eigenvalue weighted by Crippen LogP contribution is 2.58. The van der Waals surface area contributed by atoms with Crippen LogP contribution in [0.25, 0.3) is 64.7 Å². The molecule has 1 aliphatic rings. The summed E-state index contributed by atoms with van der Waals surface area (Å²) in [6.07, 6.45) is 0. The van der Waals surface area contributed by atoms with Crippen molar-refractivity contribution in [2.75, 3.05) is 4.90 Å². The fourth-order valence-electron chi connectivity index (χ4n) is 10.2.